The number of hydrogen-bond acceptors (Lipinski definition) is 3. The number of halogens is 1. The van der Waals surface area contributed by atoms with E-state index in [0.717, 1.165) is 22.2 Å². The summed E-state index contributed by atoms with van der Waals surface area (Å²) in [5.74, 6) is 0. The third-order valence-corrected chi connectivity index (χ3v) is 3.88. The van der Waals surface area contributed by atoms with Crippen LogP contribution in [0.25, 0.3) is 33.4 Å². The van der Waals surface area contributed by atoms with Gasteiger partial charge in [-0.3, -0.25) is 0 Å². The first kappa shape index (κ1) is 13.9. The summed E-state index contributed by atoms with van der Waals surface area (Å²) < 4.78 is 0. The summed E-state index contributed by atoms with van der Waals surface area (Å²) in [7, 11) is 0. The van der Waals surface area contributed by atoms with Crippen LogP contribution in [0, 0.1) is 0 Å². The lowest BCUT2D eigenvalue weighted by molar-refractivity contribution is 1.18. The molecule has 0 unspecified atom stereocenters. The Morgan fingerprint density at radius 3 is 2.13 bits per heavy atom. The summed E-state index contributed by atoms with van der Waals surface area (Å²) in [4.78, 5) is 12.8. The molecule has 0 aliphatic rings. The number of benzene rings is 2. The van der Waals surface area contributed by atoms with Gasteiger partial charge in [-0.2, -0.15) is 4.98 Å². The van der Waals surface area contributed by atoms with E-state index in [-0.39, 0.29) is 5.28 Å². The summed E-state index contributed by atoms with van der Waals surface area (Å²) >= 11 is 6.04. The van der Waals surface area contributed by atoms with Crippen LogP contribution >= 0.6 is 11.6 Å². The number of aromatic nitrogens is 3. The molecule has 0 N–H and O–H groups in total. The first-order chi connectivity index (χ1) is 11.3. The topological polar surface area (TPSA) is 38.7 Å². The second kappa shape index (κ2) is 5.78. The molecule has 0 spiro atoms. The van der Waals surface area contributed by atoms with E-state index in [1.165, 1.54) is 5.56 Å². The fourth-order valence-electron chi connectivity index (χ4n) is 2.61. The van der Waals surface area contributed by atoms with Crippen molar-refractivity contribution in [2.75, 3.05) is 0 Å². The Morgan fingerprint density at radius 1 is 0.652 bits per heavy atom. The minimum atomic E-state index is 0.207. The second-order valence-electron chi connectivity index (χ2n) is 5.16. The van der Waals surface area contributed by atoms with Crippen molar-refractivity contribution in [2.45, 2.75) is 0 Å². The number of hydrogen-bond donors (Lipinski definition) is 0. The molecule has 0 aliphatic carbocycles. The summed E-state index contributed by atoms with van der Waals surface area (Å²) in [6.07, 6.45) is 1.70. The Morgan fingerprint density at radius 2 is 1.35 bits per heavy atom. The van der Waals surface area contributed by atoms with Gasteiger partial charge < -0.3 is 0 Å². The third-order valence-electron chi connectivity index (χ3n) is 3.71. The maximum Gasteiger partial charge on any atom is 0.225 e. The molecule has 0 saturated carbocycles. The van der Waals surface area contributed by atoms with Gasteiger partial charge in [0, 0.05) is 17.1 Å². The van der Waals surface area contributed by atoms with Crippen molar-refractivity contribution in [3.8, 4) is 22.4 Å². The lowest BCUT2D eigenvalue weighted by atomic mass is 10.0. The Hall–Kier alpha value is -2.78. The highest BCUT2D eigenvalue weighted by Gasteiger charge is 2.09. The van der Waals surface area contributed by atoms with Crippen LogP contribution in [0.3, 0.4) is 0 Å². The highest BCUT2D eigenvalue weighted by molar-refractivity contribution is 6.28. The summed E-state index contributed by atoms with van der Waals surface area (Å²) in [6, 6.07) is 22.4. The van der Waals surface area contributed by atoms with Crippen molar-refractivity contribution in [1.82, 2.24) is 15.0 Å². The first-order valence-electron chi connectivity index (χ1n) is 7.25. The van der Waals surface area contributed by atoms with Gasteiger partial charge in [0.2, 0.25) is 5.28 Å². The fraction of sp³-hybridized carbons (Fsp3) is 0. The molecule has 4 heteroatoms. The molecule has 0 fully saturated rings. The Labute approximate surface area is 138 Å². The molecule has 23 heavy (non-hydrogen) atoms. The van der Waals surface area contributed by atoms with Gasteiger partial charge in [0.15, 0.2) is 5.65 Å². The van der Waals surface area contributed by atoms with Gasteiger partial charge in [0.1, 0.15) is 0 Å². The molecule has 4 aromatic rings. The van der Waals surface area contributed by atoms with Gasteiger partial charge in [-0.25, -0.2) is 9.97 Å². The van der Waals surface area contributed by atoms with Gasteiger partial charge >= 0.3 is 0 Å². The zero-order valence-corrected chi connectivity index (χ0v) is 12.9. The van der Waals surface area contributed by atoms with E-state index < -0.39 is 0 Å². The number of fused-ring (bicyclic) bond motifs is 1. The molecule has 0 radical (unpaired) electrons. The Kier molecular flexibility index (Phi) is 3.48. The molecule has 0 aliphatic heterocycles. The minimum Gasteiger partial charge on any atom is -0.236 e. The van der Waals surface area contributed by atoms with Gasteiger partial charge in [0.05, 0.1) is 5.69 Å². The standard InChI is InChI=1S/C19H12ClN3/c20-19-22-17(16-7-4-12-21-18(16)23-19)15-10-8-14(9-11-15)13-5-2-1-3-6-13/h1-12H. The maximum atomic E-state index is 6.04. The van der Waals surface area contributed by atoms with Crippen LogP contribution in [0.5, 0.6) is 0 Å². The van der Waals surface area contributed by atoms with E-state index in [2.05, 4.69) is 39.2 Å². The van der Waals surface area contributed by atoms with Crippen molar-refractivity contribution >= 4 is 22.6 Å². The number of nitrogens with zero attached hydrogens (tertiary/aromatic N) is 3. The largest absolute Gasteiger partial charge is 0.236 e. The van der Waals surface area contributed by atoms with E-state index >= 15 is 0 Å². The molecule has 2 aromatic heterocycles. The van der Waals surface area contributed by atoms with Crippen molar-refractivity contribution < 1.29 is 0 Å². The van der Waals surface area contributed by atoms with Crippen LogP contribution in [0.4, 0.5) is 0 Å². The first-order valence-corrected chi connectivity index (χ1v) is 7.63. The summed E-state index contributed by atoms with van der Waals surface area (Å²) in [5.41, 5.74) is 4.75. The minimum absolute atomic E-state index is 0.207. The molecule has 0 amide bonds. The lowest BCUT2D eigenvalue weighted by Gasteiger charge is -2.07. The molecule has 0 saturated heterocycles. The second-order valence-corrected chi connectivity index (χ2v) is 5.50. The van der Waals surface area contributed by atoms with Gasteiger partial charge in [-0.1, -0.05) is 54.6 Å². The smallest absolute Gasteiger partial charge is 0.225 e. The van der Waals surface area contributed by atoms with Crippen LogP contribution in [0.15, 0.2) is 72.9 Å². The lowest BCUT2D eigenvalue weighted by Crippen LogP contribution is -1.93. The Balaban J connectivity index is 1.83. The van der Waals surface area contributed by atoms with Crippen LogP contribution < -0.4 is 0 Å². The van der Waals surface area contributed by atoms with Gasteiger partial charge in [-0.15, -0.1) is 0 Å². The number of pyridine rings is 1. The van der Waals surface area contributed by atoms with E-state index in [1.54, 1.807) is 6.20 Å². The molecule has 2 aromatic carbocycles. The predicted molar refractivity (Wildman–Crippen MR) is 93.2 cm³/mol. The van der Waals surface area contributed by atoms with Crippen molar-refractivity contribution in [3.63, 3.8) is 0 Å². The highest BCUT2D eigenvalue weighted by atomic mass is 35.5. The SMILES string of the molecule is Clc1nc(-c2ccc(-c3ccccc3)cc2)c2cccnc2n1. The fourth-order valence-corrected chi connectivity index (χ4v) is 2.77. The van der Waals surface area contributed by atoms with Crippen molar-refractivity contribution in [2.24, 2.45) is 0 Å². The quantitative estimate of drug-likeness (QED) is 0.488. The van der Waals surface area contributed by atoms with Crippen LogP contribution in [0.2, 0.25) is 5.28 Å². The molecule has 0 atom stereocenters. The Bertz CT molecular complexity index is 967. The molecular formula is C19H12ClN3. The highest BCUT2D eigenvalue weighted by Crippen LogP contribution is 2.28. The van der Waals surface area contributed by atoms with Gasteiger partial charge in [-0.05, 0) is 34.9 Å². The molecule has 2 heterocycles. The molecular weight excluding hydrogens is 306 g/mol. The van der Waals surface area contributed by atoms with Crippen molar-refractivity contribution in [1.29, 1.82) is 0 Å². The van der Waals surface area contributed by atoms with Crippen LogP contribution in [-0.4, -0.2) is 15.0 Å². The monoisotopic (exact) mass is 317 g/mol. The zero-order chi connectivity index (χ0) is 15.6. The number of rotatable bonds is 2. The van der Waals surface area contributed by atoms with Crippen molar-refractivity contribution in [3.05, 3.63) is 78.2 Å². The van der Waals surface area contributed by atoms with E-state index in [4.69, 9.17) is 11.6 Å². The van der Waals surface area contributed by atoms with Crippen LogP contribution in [-0.2, 0) is 0 Å². The third kappa shape index (κ3) is 2.67. The summed E-state index contributed by atoms with van der Waals surface area (Å²) in [6.45, 7) is 0. The maximum absolute atomic E-state index is 6.04. The molecule has 3 nitrogen and oxygen atoms in total. The van der Waals surface area contributed by atoms with E-state index in [9.17, 15) is 0 Å². The average Bonchev–Trinajstić information content (AvgIpc) is 2.62. The molecule has 110 valence electrons. The van der Waals surface area contributed by atoms with Gasteiger partial charge in [0.25, 0.3) is 0 Å². The predicted octanol–water partition coefficient (Wildman–Crippen LogP) is 5.01. The molecule has 4 rings (SSSR count). The average molecular weight is 318 g/mol. The summed E-state index contributed by atoms with van der Waals surface area (Å²) in [5, 5.41) is 1.10. The van der Waals surface area contributed by atoms with Crippen LogP contribution in [0.1, 0.15) is 0 Å². The van der Waals surface area contributed by atoms with E-state index in [1.807, 2.05) is 42.5 Å². The zero-order valence-electron chi connectivity index (χ0n) is 12.1. The normalized spacial score (nSPS) is 10.8. The molecule has 0 bridgehead atoms. The van der Waals surface area contributed by atoms with E-state index in [0.29, 0.717) is 5.65 Å².